The van der Waals surface area contributed by atoms with Crippen LogP contribution in [0.3, 0.4) is 0 Å². The molecule has 0 aliphatic carbocycles. The van der Waals surface area contributed by atoms with E-state index in [2.05, 4.69) is 34.6 Å². The maximum atomic E-state index is 14.0. The Morgan fingerprint density at radius 2 is 0.885 bits per heavy atom. The van der Waals surface area contributed by atoms with Crippen LogP contribution >= 0.6 is 7.14 Å². The summed E-state index contributed by atoms with van der Waals surface area (Å²) in [6.45, 7) is 11.4. The van der Waals surface area contributed by atoms with Crippen LogP contribution in [-0.4, -0.2) is 17.5 Å². The molecule has 0 rings (SSSR count). The minimum Gasteiger partial charge on any atom is -0.323 e. The Morgan fingerprint density at radius 3 is 1.31 bits per heavy atom. The second-order valence-electron chi connectivity index (χ2n) is 8.74. The van der Waals surface area contributed by atoms with E-state index in [1.807, 2.05) is 0 Å². The summed E-state index contributed by atoms with van der Waals surface area (Å²) in [5.74, 6) is 0. The van der Waals surface area contributed by atoms with Gasteiger partial charge in [0.15, 0.2) is 0 Å². The first-order valence-electron chi connectivity index (χ1n) is 12.1. The molecule has 0 aromatic rings. The molecule has 0 aliphatic heterocycles. The van der Waals surface area contributed by atoms with Crippen LogP contribution in [0.2, 0.25) is 0 Å². The Hall–Kier alpha value is 0.230. The highest BCUT2D eigenvalue weighted by Gasteiger charge is 2.34. The van der Waals surface area contributed by atoms with Crippen molar-refractivity contribution in [3.05, 3.63) is 0 Å². The minimum atomic E-state index is -2.05. The Kier molecular flexibility index (Phi) is 17.5. The second-order valence-corrected chi connectivity index (χ2v) is 12.7. The first kappa shape index (κ1) is 26.2. The molecule has 0 saturated carbocycles. The van der Waals surface area contributed by atoms with E-state index in [0.29, 0.717) is 11.3 Å². The third-order valence-corrected chi connectivity index (χ3v) is 10.8. The normalized spacial score (nSPS) is 16.3. The Morgan fingerprint density at radius 1 is 0.538 bits per heavy atom. The lowest BCUT2D eigenvalue weighted by atomic mass is 10.1. The lowest BCUT2D eigenvalue weighted by molar-refractivity contribution is 0.526. The maximum absolute atomic E-state index is 14.0. The fourth-order valence-corrected chi connectivity index (χ4v) is 7.89. The predicted molar refractivity (Wildman–Crippen MR) is 122 cm³/mol. The molecule has 0 bridgehead atoms. The Balaban J connectivity index is 4.54. The molecule has 0 aromatic carbocycles. The van der Waals surface area contributed by atoms with Gasteiger partial charge in [0.25, 0.3) is 0 Å². The van der Waals surface area contributed by atoms with Gasteiger partial charge in [-0.15, -0.1) is 0 Å². The van der Waals surface area contributed by atoms with E-state index in [0.717, 1.165) is 6.16 Å². The summed E-state index contributed by atoms with van der Waals surface area (Å²) < 4.78 is 14.0. The van der Waals surface area contributed by atoms with Crippen molar-refractivity contribution in [2.45, 2.75) is 149 Å². The standard InChI is InChI=1S/C24H51OP/c1-6-9-12-15-16-19-22-26(25,23(4)20-17-13-10-7-2)24(5)21-18-14-11-8-3/h23-24H,6-22H2,1-5H3. The topological polar surface area (TPSA) is 17.1 Å². The molecule has 0 spiro atoms. The average molecular weight is 387 g/mol. The van der Waals surface area contributed by atoms with Crippen molar-refractivity contribution in [2.24, 2.45) is 0 Å². The molecule has 0 N–H and O–H groups in total. The van der Waals surface area contributed by atoms with Gasteiger partial charge in [-0.2, -0.15) is 0 Å². The Labute approximate surface area is 166 Å². The van der Waals surface area contributed by atoms with Gasteiger partial charge in [0.05, 0.1) is 7.14 Å². The number of hydrogen-bond acceptors (Lipinski definition) is 1. The van der Waals surface area contributed by atoms with Crippen molar-refractivity contribution in [3.63, 3.8) is 0 Å². The molecule has 0 radical (unpaired) electrons. The van der Waals surface area contributed by atoms with E-state index in [1.165, 1.54) is 103 Å². The number of unbranched alkanes of at least 4 members (excludes halogenated alkanes) is 11. The zero-order valence-corrected chi connectivity index (χ0v) is 19.9. The molecule has 158 valence electrons. The SMILES string of the molecule is CCCCCCCCP(=O)(C(C)CCCCCC)C(C)CCCCCC. The second kappa shape index (κ2) is 17.3. The fourth-order valence-electron chi connectivity index (χ4n) is 4.18. The summed E-state index contributed by atoms with van der Waals surface area (Å²) >= 11 is 0. The van der Waals surface area contributed by atoms with Crippen LogP contribution in [0.15, 0.2) is 0 Å². The molecule has 2 unspecified atom stereocenters. The fraction of sp³-hybridized carbons (Fsp3) is 1.00. The van der Waals surface area contributed by atoms with E-state index in [1.54, 1.807) is 0 Å². The Bertz CT molecular complexity index is 317. The highest BCUT2D eigenvalue weighted by atomic mass is 31.2. The quantitative estimate of drug-likeness (QED) is 0.159. The molecule has 2 atom stereocenters. The van der Waals surface area contributed by atoms with Crippen molar-refractivity contribution in [1.82, 2.24) is 0 Å². The van der Waals surface area contributed by atoms with Gasteiger partial charge in [-0.25, -0.2) is 0 Å². The molecule has 0 saturated heterocycles. The molecule has 0 heterocycles. The summed E-state index contributed by atoms with van der Waals surface area (Å²) in [5.41, 5.74) is 0.882. The molecule has 0 amide bonds. The molecule has 2 heteroatoms. The largest absolute Gasteiger partial charge is 0.323 e. The van der Waals surface area contributed by atoms with Crippen molar-refractivity contribution < 1.29 is 4.57 Å². The first-order valence-corrected chi connectivity index (χ1v) is 14.1. The van der Waals surface area contributed by atoms with Crippen LogP contribution in [0, 0.1) is 0 Å². The summed E-state index contributed by atoms with van der Waals surface area (Å²) in [5, 5.41) is 0. The molecule has 0 aliphatic rings. The number of rotatable bonds is 19. The van der Waals surface area contributed by atoms with Gasteiger partial charge in [0.1, 0.15) is 0 Å². The third kappa shape index (κ3) is 11.8. The summed E-state index contributed by atoms with van der Waals surface area (Å²) in [4.78, 5) is 0. The summed E-state index contributed by atoms with van der Waals surface area (Å²) in [7, 11) is -2.05. The van der Waals surface area contributed by atoms with Crippen LogP contribution in [0.1, 0.15) is 137 Å². The highest BCUT2D eigenvalue weighted by molar-refractivity contribution is 7.65. The zero-order valence-electron chi connectivity index (χ0n) is 19.0. The van der Waals surface area contributed by atoms with Gasteiger partial charge in [-0.05, 0) is 19.3 Å². The van der Waals surface area contributed by atoms with Gasteiger partial charge in [-0.1, -0.05) is 118 Å². The van der Waals surface area contributed by atoms with E-state index < -0.39 is 7.14 Å². The van der Waals surface area contributed by atoms with Gasteiger partial charge in [-0.3, -0.25) is 0 Å². The average Bonchev–Trinajstić information content (AvgIpc) is 2.64. The molecule has 0 aromatic heterocycles. The third-order valence-electron chi connectivity index (χ3n) is 6.30. The van der Waals surface area contributed by atoms with Crippen molar-refractivity contribution in [1.29, 1.82) is 0 Å². The molecular weight excluding hydrogens is 335 g/mol. The monoisotopic (exact) mass is 386 g/mol. The molecular formula is C24H51OP. The van der Waals surface area contributed by atoms with Crippen molar-refractivity contribution in [2.75, 3.05) is 6.16 Å². The predicted octanol–water partition coefficient (Wildman–Crippen LogP) is 9.43. The lowest BCUT2D eigenvalue weighted by Crippen LogP contribution is -2.17. The van der Waals surface area contributed by atoms with E-state index in [-0.39, 0.29) is 0 Å². The van der Waals surface area contributed by atoms with Crippen LogP contribution < -0.4 is 0 Å². The van der Waals surface area contributed by atoms with Crippen molar-refractivity contribution in [3.8, 4) is 0 Å². The summed E-state index contributed by atoms with van der Waals surface area (Å²) in [6.07, 6.45) is 21.7. The molecule has 1 nitrogen and oxygen atoms in total. The van der Waals surface area contributed by atoms with Crippen LogP contribution in [0.5, 0.6) is 0 Å². The van der Waals surface area contributed by atoms with E-state index in [9.17, 15) is 4.57 Å². The number of hydrogen-bond donors (Lipinski definition) is 0. The van der Waals surface area contributed by atoms with Crippen molar-refractivity contribution >= 4 is 7.14 Å². The van der Waals surface area contributed by atoms with Gasteiger partial charge >= 0.3 is 0 Å². The molecule has 0 fully saturated rings. The van der Waals surface area contributed by atoms with E-state index in [4.69, 9.17) is 0 Å². The zero-order chi connectivity index (χ0) is 19.7. The van der Waals surface area contributed by atoms with Gasteiger partial charge in [0.2, 0.25) is 0 Å². The van der Waals surface area contributed by atoms with Crippen LogP contribution in [0.25, 0.3) is 0 Å². The van der Waals surface area contributed by atoms with E-state index >= 15 is 0 Å². The first-order chi connectivity index (χ1) is 12.5. The van der Waals surface area contributed by atoms with Crippen LogP contribution in [-0.2, 0) is 4.57 Å². The lowest BCUT2D eigenvalue weighted by Gasteiger charge is -2.31. The van der Waals surface area contributed by atoms with Gasteiger partial charge in [0, 0.05) is 17.5 Å². The summed E-state index contributed by atoms with van der Waals surface area (Å²) in [6, 6.07) is 0. The van der Waals surface area contributed by atoms with Crippen LogP contribution in [0.4, 0.5) is 0 Å². The highest BCUT2D eigenvalue weighted by Crippen LogP contribution is 2.58. The molecule has 26 heavy (non-hydrogen) atoms. The minimum absolute atomic E-state index is 0.441. The maximum Gasteiger partial charge on any atom is 0.0930 e. The smallest absolute Gasteiger partial charge is 0.0930 e. The van der Waals surface area contributed by atoms with Gasteiger partial charge < -0.3 is 4.57 Å².